The van der Waals surface area contributed by atoms with Crippen LogP contribution in [0.15, 0.2) is 40.3 Å². The fraction of sp³-hybridized carbons (Fsp3) is 0.278. The Labute approximate surface area is 149 Å². The lowest BCUT2D eigenvalue weighted by Crippen LogP contribution is -2.19. The molecule has 128 valence electrons. The van der Waals surface area contributed by atoms with Crippen molar-refractivity contribution in [3.63, 3.8) is 0 Å². The minimum atomic E-state index is -0.292. The van der Waals surface area contributed by atoms with Crippen molar-refractivity contribution >= 4 is 28.7 Å². The Balaban J connectivity index is 1.48. The summed E-state index contributed by atoms with van der Waals surface area (Å²) in [5.41, 5.74) is 0.944. The van der Waals surface area contributed by atoms with Crippen LogP contribution in [0.2, 0.25) is 0 Å². The van der Waals surface area contributed by atoms with E-state index in [-0.39, 0.29) is 5.91 Å². The lowest BCUT2D eigenvalue weighted by Gasteiger charge is -2.16. The van der Waals surface area contributed by atoms with Gasteiger partial charge in [-0.25, -0.2) is 9.97 Å². The molecule has 7 heteroatoms. The largest absolute Gasteiger partial charge is 0.440 e. The summed E-state index contributed by atoms with van der Waals surface area (Å²) in [6, 6.07) is 7.65. The highest BCUT2D eigenvalue weighted by molar-refractivity contribution is 7.13. The zero-order valence-corrected chi connectivity index (χ0v) is 14.7. The number of aromatic nitrogens is 2. The van der Waals surface area contributed by atoms with Crippen LogP contribution in [0.4, 0.5) is 11.5 Å². The van der Waals surface area contributed by atoms with Crippen molar-refractivity contribution in [1.82, 2.24) is 9.97 Å². The Bertz CT molecular complexity index is 865. The van der Waals surface area contributed by atoms with E-state index in [9.17, 15) is 4.79 Å². The van der Waals surface area contributed by atoms with Crippen molar-refractivity contribution in [2.75, 3.05) is 23.3 Å². The Hall–Kier alpha value is -2.67. The molecule has 4 heterocycles. The average Bonchev–Trinajstić information content (AvgIpc) is 3.37. The summed E-state index contributed by atoms with van der Waals surface area (Å²) in [6.45, 7) is 3.83. The number of nitrogens with one attached hydrogen (secondary N) is 1. The fourth-order valence-corrected chi connectivity index (χ4v) is 3.55. The SMILES string of the molecule is Cc1oc(-c2cccs2)nc1C(=O)Nc1ccc(N2CCCC2)nc1. The molecule has 0 saturated carbocycles. The first-order valence-corrected chi connectivity index (χ1v) is 9.12. The van der Waals surface area contributed by atoms with Gasteiger partial charge >= 0.3 is 0 Å². The molecule has 0 spiro atoms. The Morgan fingerprint density at radius 1 is 1.28 bits per heavy atom. The number of thiophene rings is 1. The number of nitrogens with zero attached hydrogens (tertiary/aromatic N) is 3. The van der Waals surface area contributed by atoms with Gasteiger partial charge in [-0.2, -0.15) is 0 Å². The molecule has 6 nitrogen and oxygen atoms in total. The molecule has 3 aromatic heterocycles. The third-order valence-corrected chi connectivity index (χ3v) is 5.04. The first kappa shape index (κ1) is 15.8. The maximum Gasteiger partial charge on any atom is 0.277 e. The maximum absolute atomic E-state index is 12.5. The average molecular weight is 354 g/mol. The van der Waals surface area contributed by atoms with Gasteiger partial charge in [-0.1, -0.05) is 6.07 Å². The zero-order valence-electron chi connectivity index (χ0n) is 13.9. The highest BCUT2D eigenvalue weighted by Gasteiger charge is 2.19. The highest BCUT2D eigenvalue weighted by Crippen LogP contribution is 2.26. The van der Waals surface area contributed by atoms with Crippen LogP contribution in [0.5, 0.6) is 0 Å². The molecule has 1 saturated heterocycles. The molecule has 0 aromatic carbocycles. The second-order valence-corrected chi connectivity index (χ2v) is 6.90. The number of hydrogen-bond donors (Lipinski definition) is 1. The highest BCUT2D eigenvalue weighted by atomic mass is 32.1. The van der Waals surface area contributed by atoms with Crippen molar-refractivity contribution in [3.8, 4) is 10.8 Å². The second-order valence-electron chi connectivity index (χ2n) is 5.95. The van der Waals surface area contributed by atoms with Gasteiger partial charge in [0.05, 0.1) is 16.8 Å². The number of anilines is 2. The van der Waals surface area contributed by atoms with Crippen LogP contribution < -0.4 is 10.2 Å². The number of carbonyl (C=O) groups excluding carboxylic acids is 1. The molecule has 0 atom stereocenters. The van der Waals surface area contributed by atoms with Crippen LogP contribution in [0.3, 0.4) is 0 Å². The molecule has 0 bridgehead atoms. The summed E-state index contributed by atoms with van der Waals surface area (Å²) < 4.78 is 5.62. The molecule has 0 aliphatic carbocycles. The third kappa shape index (κ3) is 3.28. The van der Waals surface area contributed by atoms with E-state index in [2.05, 4.69) is 20.2 Å². The predicted octanol–water partition coefficient (Wildman–Crippen LogP) is 3.96. The third-order valence-electron chi connectivity index (χ3n) is 4.18. The molecule has 1 fully saturated rings. The number of pyridine rings is 1. The van der Waals surface area contributed by atoms with Gasteiger partial charge in [0.2, 0.25) is 5.89 Å². The van der Waals surface area contributed by atoms with Gasteiger partial charge in [-0.3, -0.25) is 4.79 Å². The van der Waals surface area contributed by atoms with Gasteiger partial charge in [0.1, 0.15) is 11.6 Å². The molecular weight excluding hydrogens is 336 g/mol. The van der Waals surface area contributed by atoms with Gasteiger partial charge in [-0.15, -0.1) is 11.3 Å². The molecule has 25 heavy (non-hydrogen) atoms. The van der Waals surface area contributed by atoms with E-state index < -0.39 is 0 Å². The summed E-state index contributed by atoms with van der Waals surface area (Å²) >= 11 is 1.52. The summed E-state index contributed by atoms with van der Waals surface area (Å²) in [7, 11) is 0. The fourth-order valence-electron chi connectivity index (χ4n) is 2.90. The summed E-state index contributed by atoms with van der Waals surface area (Å²) in [4.78, 5) is 24.4. The van der Waals surface area contributed by atoms with E-state index in [0.29, 0.717) is 23.0 Å². The van der Waals surface area contributed by atoms with Crippen LogP contribution in [0.1, 0.15) is 29.1 Å². The first-order chi connectivity index (χ1) is 12.2. The lowest BCUT2D eigenvalue weighted by molar-refractivity contribution is 0.102. The minimum absolute atomic E-state index is 0.292. The Morgan fingerprint density at radius 2 is 2.12 bits per heavy atom. The van der Waals surface area contributed by atoms with E-state index in [1.807, 2.05) is 29.6 Å². The zero-order chi connectivity index (χ0) is 17.2. The molecule has 0 unspecified atom stereocenters. The summed E-state index contributed by atoms with van der Waals surface area (Å²) in [5, 5.41) is 4.78. The molecular formula is C18H18N4O2S. The first-order valence-electron chi connectivity index (χ1n) is 8.24. The molecule has 1 N–H and O–H groups in total. The van der Waals surface area contributed by atoms with Gasteiger partial charge in [0.15, 0.2) is 5.69 Å². The Kier molecular flexibility index (Phi) is 4.23. The minimum Gasteiger partial charge on any atom is -0.440 e. The van der Waals surface area contributed by atoms with E-state index in [1.54, 1.807) is 13.1 Å². The van der Waals surface area contributed by atoms with Gasteiger partial charge in [0.25, 0.3) is 5.91 Å². The lowest BCUT2D eigenvalue weighted by atomic mass is 10.3. The van der Waals surface area contributed by atoms with Gasteiger partial charge in [0, 0.05) is 13.1 Å². The number of oxazole rings is 1. The standard InChI is InChI=1S/C18H18N4O2S/c1-12-16(21-18(24-12)14-5-4-10-25-14)17(23)20-13-6-7-15(19-11-13)22-8-2-3-9-22/h4-7,10-11H,2-3,8-9H2,1H3,(H,20,23). The molecule has 4 rings (SSSR count). The number of hydrogen-bond acceptors (Lipinski definition) is 6. The Morgan fingerprint density at radius 3 is 2.80 bits per heavy atom. The number of rotatable bonds is 4. The molecule has 1 aliphatic rings. The molecule has 1 aliphatic heterocycles. The van der Waals surface area contributed by atoms with Crippen LogP contribution in [0, 0.1) is 6.92 Å². The number of carbonyl (C=O) groups is 1. The topological polar surface area (TPSA) is 71.3 Å². The molecule has 3 aromatic rings. The van der Waals surface area contributed by atoms with Crippen molar-refractivity contribution in [2.24, 2.45) is 0 Å². The molecule has 1 amide bonds. The smallest absolute Gasteiger partial charge is 0.277 e. The molecule has 0 radical (unpaired) electrons. The van der Waals surface area contributed by atoms with Crippen molar-refractivity contribution in [3.05, 3.63) is 47.3 Å². The number of aryl methyl sites for hydroxylation is 1. The van der Waals surface area contributed by atoms with Crippen LogP contribution in [-0.4, -0.2) is 29.0 Å². The summed E-state index contributed by atoms with van der Waals surface area (Å²) in [5.74, 6) is 1.63. The van der Waals surface area contributed by atoms with Crippen molar-refractivity contribution < 1.29 is 9.21 Å². The normalized spacial score (nSPS) is 14.0. The van der Waals surface area contributed by atoms with E-state index >= 15 is 0 Å². The van der Waals surface area contributed by atoms with E-state index in [1.165, 1.54) is 24.2 Å². The number of amides is 1. The second kappa shape index (κ2) is 6.68. The summed E-state index contributed by atoms with van der Waals surface area (Å²) in [6.07, 6.45) is 4.09. The van der Waals surface area contributed by atoms with E-state index in [4.69, 9.17) is 4.42 Å². The van der Waals surface area contributed by atoms with Crippen molar-refractivity contribution in [2.45, 2.75) is 19.8 Å². The van der Waals surface area contributed by atoms with Crippen LogP contribution in [-0.2, 0) is 0 Å². The quantitative estimate of drug-likeness (QED) is 0.768. The monoisotopic (exact) mass is 354 g/mol. The van der Waals surface area contributed by atoms with Crippen LogP contribution in [0.25, 0.3) is 10.8 Å². The van der Waals surface area contributed by atoms with Crippen molar-refractivity contribution in [1.29, 1.82) is 0 Å². The maximum atomic E-state index is 12.5. The predicted molar refractivity (Wildman–Crippen MR) is 98.2 cm³/mol. The van der Waals surface area contributed by atoms with Gasteiger partial charge < -0.3 is 14.6 Å². The van der Waals surface area contributed by atoms with Gasteiger partial charge in [-0.05, 0) is 43.3 Å². The van der Waals surface area contributed by atoms with Crippen LogP contribution >= 0.6 is 11.3 Å². The van der Waals surface area contributed by atoms with E-state index in [0.717, 1.165) is 23.8 Å².